The lowest BCUT2D eigenvalue weighted by Crippen LogP contribution is -2.00. The highest BCUT2D eigenvalue weighted by atomic mass is 16.5. The maximum atomic E-state index is 9.35. The van der Waals surface area contributed by atoms with Crippen molar-refractivity contribution >= 4 is 0 Å². The standard InChI is InChI=1S/C10H13NO2/c1-13-10-4-6(2-3-9(10)12)7-5-8(7)11/h2-4,7-8,12H,5,11H2,1H3. The Bertz CT molecular complexity index is 325. The van der Waals surface area contributed by atoms with E-state index in [1.54, 1.807) is 13.2 Å². The van der Waals surface area contributed by atoms with E-state index in [1.807, 2.05) is 12.1 Å². The molecule has 0 spiro atoms. The maximum Gasteiger partial charge on any atom is 0.160 e. The van der Waals surface area contributed by atoms with E-state index in [1.165, 1.54) is 0 Å². The predicted octanol–water partition coefficient (Wildman–Crippen LogP) is 1.22. The molecule has 0 saturated heterocycles. The molecule has 3 N–H and O–H groups in total. The number of hydrogen-bond acceptors (Lipinski definition) is 3. The molecular formula is C10H13NO2. The first kappa shape index (κ1) is 8.38. The zero-order chi connectivity index (χ0) is 9.42. The van der Waals surface area contributed by atoms with Gasteiger partial charge in [0.05, 0.1) is 7.11 Å². The summed E-state index contributed by atoms with van der Waals surface area (Å²) in [5.74, 6) is 1.16. The third-order valence-electron chi connectivity index (χ3n) is 2.47. The molecule has 0 radical (unpaired) electrons. The Morgan fingerprint density at radius 2 is 2.23 bits per heavy atom. The van der Waals surface area contributed by atoms with Crippen molar-refractivity contribution in [2.45, 2.75) is 18.4 Å². The average molecular weight is 179 g/mol. The number of benzene rings is 1. The van der Waals surface area contributed by atoms with Crippen LogP contribution in [0.25, 0.3) is 0 Å². The topological polar surface area (TPSA) is 55.5 Å². The Morgan fingerprint density at radius 3 is 2.77 bits per heavy atom. The molecule has 0 amide bonds. The van der Waals surface area contributed by atoms with Crippen LogP contribution in [0.5, 0.6) is 11.5 Å². The summed E-state index contributed by atoms with van der Waals surface area (Å²) in [5, 5.41) is 9.35. The van der Waals surface area contributed by atoms with Gasteiger partial charge < -0.3 is 15.6 Å². The van der Waals surface area contributed by atoms with Crippen LogP contribution in [0, 0.1) is 0 Å². The zero-order valence-corrected chi connectivity index (χ0v) is 7.53. The molecule has 1 aromatic rings. The molecule has 1 aromatic carbocycles. The Morgan fingerprint density at radius 1 is 1.54 bits per heavy atom. The van der Waals surface area contributed by atoms with E-state index in [9.17, 15) is 5.11 Å². The number of rotatable bonds is 2. The van der Waals surface area contributed by atoms with Crippen LogP contribution in [0.1, 0.15) is 17.9 Å². The molecule has 13 heavy (non-hydrogen) atoms. The van der Waals surface area contributed by atoms with Crippen LogP contribution in [-0.4, -0.2) is 18.3 Å². The lowest BCUT2D eigenvalue weighted by Gasteiger charge is -2.05. The molecule has 1 aliphatic rings. The van der Waals surface area contributed by atoms with E-state index in [-0.39, 0.29) is 11.8 Å². The molecule has 1 saturated carbocycles. The van der Waals surface area contributed by atoms with Gasteiger partial charge in [-0.3, -0.25) is 0 Å². The third-order valence-corrected chi connectivity index (χ3v) is 2.47. The smallest absolute Gasteiger partial charge is 0.160 e. The van der Waals surface area contributed by atoms with Gasteiger partial charge in [0.1, 0.15) is 0 Å². The van der Waals surface area contributed by atoms with Crippen LogP contribution in [0.3, 0.4) is 0 Å². The van der Waals surface area contributed by atoms with Crippen LogP contribution >= 0.6 is 0 Å². The first-order chi connectivity index (χ1) is 6.22. The molecule has 1 fully saturated rings. The number of ether oxygens (including phenoxy) is 1. The quantitative estimate of drug-likeness (QED) is 0.717. The van der Waals surface area contributed by atoms with Crippen molar-refractivity contribution in [1.82, 2.24) is 0 Å². The lowest BCUT2D eigenvalue weighted by molar-refractivity contribution is 0.373. The minimum Gasteiger partial charge on any atom is -0.504 e. The van der Waals surface area contributed by atoms with Crippen LogP contribution in [0.2, 0.25) is 0 Å². The van der Waals surface area contributed by atoms with Crippen LogP contribution < -0.4 is 10.5 Å². The maximum absolute atomic E-state index is 9.35. The number of phenolic OH excluding ortho intramolecular Hbond substituents is 1. The second-order valence-electron chi connectivity index (χ2n) is 3.44. The zero-order valence-electron chi connectivity index (χ0n) is 7.53. The van der Waals surface area contributed by atoms with Gasteiger partial charge in [0.2, 0.25) is 0 Å². The van der Waals surface area contributed by atoms with Gasteiger partial charge in [-0.25, -0.2) is 0 Å². The van der Waals surface area contributed by atoms with Gasteiger partial charge in [-0.2, -0.15) is 0 Å². The van der Waals surface area contributed by atoms with Crippen molar-refractivity contribution < 1.29 is 9.84 Å². The van der Waals surface area contributed by atoms with E-state index in [0.29, 0.717) is 11.7 Å². The van der Waals surface area contributed by atoms with Crippen molar-refractivity contribution in [3.63, 3.8) is 0 Å². The first-order valence-corrected chi connectivity index (χ1v) is 4.35. The SMILES string of the molecule is COc1cc(C2CC2N)ccc1O. The van der Waals surface area contributed by atoms with E-state index < -0.39 is 0 Å². The highest BCUT2D eigenvalue weighted by molar-refractivity contribution is 5.44. The summed E-state index contributed by atoms with van der Waals surface area (Å²) in [6.45, 7) is 0. The highest BCUT2D eigenvalue weighted by Crippen LogP contribution is 2.41. The Hall–Kier alpha value is -1.22. The number of hydrogen-bond donors (Lipinski definition) is 2. The molecule has 0 aliphatic heterocycles. The summed E-state index contributed by atoms with van der Waals surface area (Å²) in [7, 11) is 1.55. The summed E-state index contributed by atoms with van der Waals surface area (Å²) < 4.78 is 5.01. The molecule has 3 nitrogen and oxygen atoms in total. The fourth-order valence-electron chi connectivity index (χ4n) is 1.52. The van der Waals surface area contributed by atoms with Gasteiger partial charge in [0.25, 0.3) is 0 Å². The number of nitrogens with two attached hydrogens (primary N) is 1. The molecule has 3 heteroatoms. The molecule has 0 heterocycles. The largest absolute Gasteiger partial charge is 0.504 e. The predicted molar refractivity (Wildman–Crippen MR) is 50.0 cm³/mol. The summed E-state index contributed by atoms with van der Waals surface area (Å²) in [4.78, 5) is 0. The molecule has 70 valence electrons. The number of methoxy groups -OCH3 is 1. The molecule has 2 rings (SSSR count). The van der Waals surface area contributed by atoms with Gasteiger partial charge in [0, 0.05) is 12.0 Å². The van der Waals surface area contributed by atoms with Gasteiger partial charge in [-0.1, -0.05) is 6.07 Å². The van der Waals surface area contributed by atoms with Gasteiger partial charge in [0.15, 0.2) is 11.5 Å². The minimum absolute atomic E-state index is 0.181. The van der Waals surface area contributed by atoms with Crippen molar-refractivity contribution in [3.8, 4) is 11.5 Å². The Balaban J connectivity index is 2.28. The second kappa shape index (κ2) is 2.92. The second-order valence-corrected chi connectivity index (χ2v) is 3.44. The Kier molecular flexibility index (Phi) is 1.88. The summed E-state index contributed by atoms with van der Waals surface area (Å²) in [6, 6.07) is 5.69. The van der Waals surface area contributed by atoms with Crippen molar-refractivity contribution in [2.24, 2.45) is 5.73 Å². The normalized spacial score (nSPS) is 25.7. The monoisotopic (exact) mass is 179 g/mol. The molecule has 2 unspecified atom stereocenters. The highest BCUT2D eigenvalue weighted by Gasteiger charge is 2.35. The van der Waals surface area contributed by atoms with E-state index in [4.69, 9.17) is 10.5 Å². The number of phenols is 1. The molecule has 1 aliphatic carbocycles. The van der Waals surface area contributed by atoms with E-state index in [2.05, 4.69) is 0 Å². The fourth-order valence-corrected chi connectivity index (χ4v) is 1.52. The van der Waals surface area contributed by atoms with Crippen molar-refractivity contribution in [2.75, 3.05) is 7.11 Å². The van der Waals surface area contributed by atoms with Crippen molar-refractivity contribution in [1.29, 1.82) is 0 Å². The third kappa shape index (κ3) is 1.47. The molecule has 0 bridgehead atoms. The molecule has 0 aromatic heterocycles. The van der Waals surface area contributed by atoms with Crippen LogP contribution in [-0.2, 0) is 0 Å². The summed E-state index contributed by atoms with van der Waals surface area (Å²) in [6.07, 6.45) is 1.04. The minimum atomic E-state index is 0.181. The van der Waals surface area contributed by atoms with Gasteiger partial charge in [-0.15, -0.1) is 0 Å². The van der Waals surface area contributed by atoms with Crippen molar-refractivity contribution in [3.05, 3.63) is 23.8 Å². The summed E-state index contributed by atoms with van der Waals surface area (Å²) >= 11 is 0. The van der Waals surface area contributed by atoms with Crippen LogP contribution in [0.15, 0.2) is 18.2 Å². The van der Waals surface area contributed by atoms with Gasteiger partial charge in [-0.05, 0) is 24.1 Å². The molecule has 2 atom stereocenters. The first-order valence-electron chi connectivity index (χ1n) is 4.35. The fraction of sp³-hybridized carbons (Fsp3) is 0.400. The van der Waals surface area contributed by atoms with E-state index in [0.717, 1.165) is 12.0 Å². The summed E-state index contributed by atoms with van der Waals surface area (Å²) in [5.41, 5.74) is 6.88. The number of aromatic hydroxyl groups is 1. The van der Waals surface area contributed by atoms with Gasteiger partial charge >= 0.3 is 0 Å². The van der Waals surface area contributed by atoms with E-state index >= 15 is 0 Å². The Labute approximate surface area is 77.1 Å². The lowest BCUT2D eigenvalue weighted by atomic mass is 10.1. The van der Waals surface area contributed by atoms with Crippen LogP contribution in [0.4, 0.5) is 0 Å². The average Bonchev–Trinajstić information content (AvgIpc) is 2.84. The molecular weight excluding hydrogens is 166 g/mol.